The largest absolute Gasteiger partial charge is 0.462 e. The van der Waals surface area contributed by atoms with Crippen molar-refractivity contribution in [3.05, 3.63) is 63.6 Å². The average molecular weight is 427 g/mol. The van der Waals surface area contributed by atoms with Crippen molar-refractivity contribution in [1.82, 2.24) is 19.7 Å². The minimum atomic E-state index is -0.391. The summed E-state index contributed by atoms with van der Waals surface area (Å²) >= 11 is 7.73. The van der Waals surface area contributed by atoms with E-state index in [4.69, 9.17) is 21.3 Å². The average Bonchev–Trinajstić information content (AvgIpc) is 3.30. The molecular formula is C21H19ClN4O2S. The van der Waals surface area contributed by atoms with Gasteiger partial charge in [-0.2, -0.15) is 0 Å². The molecule has 3 heterocycles. The molecule has 8 heteroatoms. The Morgan fingerprint density at radius 1 is 1.17 bits per heavy atom. The topological polar surface area (TPSA) is 69.9 Å². The first-order valence-electron chi connectivity index (χ1n) is 9.17. The summed E-state index contributed by atoms with van der Waals surface area (Å²) in [6.45, 7) is 6.57. The molecule has 0 aliphatic rings. The van der Waals surface area contributed by atoms with Gasteiger partial charge in [0.25, 0.3) is 0 Å². The van der Waals surface area contributed by atoms with Gasteiger partial charge in [0.15, 0.2) is 0 Å². The van der Waals surface area contributed by atoms with Gasteiger partial charge in [0.1, 0.15) is 17.5 Å². The number of aryl methyl sites for hydroxylation is 2. The number of benzene rings is 1. The molecule has 0 unspecified atom stereocenters. The number of rotatable bonds is 5. The molecule has 29 heavy (non-hydrogen) atoms. The van der Waals surface area contributed by atoms with Crippen LogP contribution in [0, 0.1) is 13.8 Å². The zero-order valence-electron chi connectivity index (χ0n) is 16.3. The molecule has 0 spiro atoms. The molecule has 0 aliphatic carbocycles. The Bertz CT molecular complexity index is 1180. The quantitative estimate of drug-likeness (QED) is 0.417. The fourth-order valence-electron chi connectivity index (χ4n) is 3.35. The van der Waals surface area contributed by atoms with Crippen LogP contribution in [-0.4, -0.2) is 32.3 Å². The van der Waals surface area contributed by atoms with Gasteiger partial charge in [-0.1, -0.05) is 23.7 Å². The number of esters is 1. The summed E-state index contributed by atoms with van der Waals surface area (Å²) in [5.74, 6) is -0.391. The van der Waals surface area contributed by atoms with Crippen molar-refractivity contribution in [3.8, 4) is 11.1 Å². The molecule has 0 saturated heterocycles. The SMILES string of the molecule is CCOC(=O)c1c(Cn2cnnc2)nc2sc(C)c(C)c2c1-c1ccc(Cl)cc1. The van der Waals surface area contributed by atoms with Crippen molar-refractivity contribution < 1.29 is 9.53 Å². The van der Waals surface area contributed by atoms with Crippen LogP contribution in [0.5, 0.6) is 0 Å². The lowest BCUT2D eigenvalue weighted by atomic mass is 9.94. The second-order valence-electron chi connectivity index (χ2n) is 6.63. The molecule has 0 fully saturated rings. The lowest BCUT2D eigenvalue weighted by Crippen LogP contribution is -2.14. The molecular weight excluding hydrogens is 408 g/mol. The van der Waals surface area contributed by atoms with Gasteiger partial charge in [0.2, 0.25) is 0 Å². The molecule has 4 rings (SSSR count). The van der Waals surface area contributed by atoms with Gasteiger partial charge in [-0.3, -0.25) is 0 Å². The van der Waals surface area contributed by atoms with Crippen molar-refractivity contribution in [1.29, 1.82) is 0 Å². The number of aromatic nitrogens is 4. The van der Waals surface area contributed by atoms with Crippen molar-refractivity contribution in [2.24, 2.45) is 0 Å². The van der Waals surface area contributed by atoms with Crippen molar-refractivity contribution in [2.45, 2.75) is 27.3 Å². The van der Waals surface area contributed by atoms with E-state index in [2.05, 4.69) is 24.0 Å². The maximum atomic E-state index is 13.1. The van der Waals surface area contributed by atoms with Gasteiger partial charge < -0.3 is 9.30 Å². The van der Waals surface area contributed by atoms with Crippen molar-refractivity contribution >= 4 is 39.1 Å². The van der Waals surface area contributed by atoms with E-state index in [1.807, 2.05) is 24.3 Å². The van der Waals surface area contributed by atoms with Gasteiger partial charge in [-0.15, -0.1) is 21.5 Å². The number of fused-ring (bicyclic) bond motifs is 1. The first-order valence-corrected chi connectivity index (χ1v) is 10.4. The van der Waals surface area contributed by atoms with Crippen LogP contribution in [0.25, 0.3) is 21.3 Å². The van der Waals surface area contributed by atoms with Crippen LogP contribution in [0.3, 0.4) is 0 Å². The summed E-state index contributed by atoms with van der Waals surface area (Å²) in [6.07, 6.45) is 3.21. The zero-order chi connectivity index (χ0) is 20.5. The molecule has 4 aromatic rings. The number of hydrogen-bond acceptors (Lipinski definition) is 6. The van der Waals surface area contributed by atoms with Gasteiger partial charge in [-0.05, 0) is 44.0 Å². The normalized spacial score (nSPS) is 11.2. The molecule has 0 saturated carbocycles. The predicted molar refractivity (Wildman–Crippen MR) is 115 cm³/mol. The number of pyridine rings is 1. The monoisotopic (exact) mass is 426 g/mol. The van der Waals surface area contributed by atoms with Crippen LogP contribution in [0.15, 0.2) is 36.9 Å². The number of nitrogens with zero attached hydrogens (tertiary/aromatic N) is 4. The summed E-state index contributed by atoms with van der Waals surface area (Å²) in [7, 11) is 0. The van der Waals surface area contributed by atoms with Crippen molar-refractivity contribution in [2.75, 3.05) is 6.61 Å². The van der Waals surface area contributed by atoms with Gasteiger partial charge in [0, 0.05) is 20.8 Å². The molecule has 0 atom stereocenters. The smallest absolute Gasteiger partial charge is 0.340 e. The lowest BCUT2D eigenvalue weighted by Gasteiger charge is -2.16. The second kappa shape index (κ2) is 7.93. The van der Waals surface area contributed by atoms with Crippen molar-refractivity contribution in [3.63, 3.8) is 0 Å². The first-order chi connectivity index (χ1) is 14.0. The molecule has 0 radical (unpaired) electrons. The fraction of sp³-hybridized carbons (Fsp3) is 0.238. The number of carbonyl (C=O) groups is 1. The van der Waals surface area contributed by atoms with Crippen LogP contribution in [0.1, 0.15) is 33.4 Å². The summed E-state index contributed by atoms with van der Waals surface area (Å²) in [6, 6.07) is 7.50. The summed E-state index contributed by atoms with van der Waals surface area (Å²) in [5.41, 5.74) is 3.94. The lowest BCUT2D eigenvalue weighted by molar-refractivity contribution is 0.0525. The maximum Gasteiger partial charge on any atom is 0.340 e. The maximum absolute atomic E-state index is 13.1. The van der Waals surface area contributed by atoms with Crippen LogP contribution in [-0.2, 0) is 11.3 Å². The van der Waals surface area contributed by atoms with E-state index >= 15 is 0 Å². The highest BCUT2D eigenvalue weighted by Gasteiger charge is 2.26. The molecule has 3 aromatic heterocycles. The highest BCUT2D eigenvalue weighted by Crippen LogP contribution is 2.40. The third kappa shape index (κ3) is 3.63. The predicted octanol–water partition coefficient (Wildman–Crippen LogP) is 5.05. The molecule has 0 N–H and O–H groups in total. The highest BCUT2D eigenvalue weighted by atomic mass is 35.5. The Morgan fingerprint density at radius 3 is 2.52 bits per heavy atom. The Hall–Kier alpha value is -2.77. The summed E-state index contributed by atoms with van der Waals surface area (Å²) < 4.78 is 7.21. The van der Waals surface area contributed by atoms with Gasteiger partial charge in [-0.25, -0.2) is 9.78 Å². The standard InChI is InChI=1S/C21H19ClN4O2S/c1-4-28-21(27)19-16(9-26-10-23-24-11-26)25-20-17(12(2)13(3)29-20)18(19)14-5-7-15(22)8-6-14/h5-8,10-11H,4,9H2,1-3H3. The second-order valence-corrected chi connectivity index (χ2v) is 8.27. The number of ether oxygens (including phenoxy) is 1. The van der Waals surface area contributed by atoms with E-state index in [1.54, 1.807) is 35.5 Å². The van der Waals surface area contributed by atoms with E-state index in [0.717, 1.165) is 26.9 Å². The molecule has 0 aliphatic heterocycles. The van der Waals surface area contributed by atoms with Gasteiger partial charge in [0.05, 0.1) is 24.4 Å². The minimum Gasteiger partial charge on any atom is -0.462 e. The molecule has 1 aromatic carbocycles. The number of carbonyl (C=O) groups excluding carboxylic acids is 1. The third-order valence-electron chi connectivity index (χ3n) is 4.80. The first kappa shape index (κ1) is 19.5. The van der Waals surface area contributed by atoms with E-state index in [9.17, 15) is 4.79 Å². The molecule has 6 nitrogen and oxygen atoms in total. The van der Waals surface area contributed by atoms with Crippen LogP contribution in [0.4, 0.5) is 0 Å². The minimum absolute atomic E-state index is 0.282. The number of halogens is 1. The van der Waals surface area contributed by atoms with Gasteiger partial charge >= 0.3 is 5.97 Å². The van der Waals surface area contributed by atoms with E-state index in [0.29, 0.717) is 22.8 Å². The van der Waals surface area contributed by atoms with Crippen LogP contribution < -0.4 is 0 Å². The van der Waals surface area contributed by atoms with Crippen LogP contribution >= 0.6 is 22.9 Å². The summed E-state index contributed by atoms with van der Waals surface area (Å²) in [5, 5.41) is 9.33. The molecule has 0 amide bonds. The zero-order valence-corrected chi connectivity index (χ0v) is 17.8. The fourth-order valence-corrected chi connectivity index (χ4v) is 4.53. The van der Waals surface area contributed by atoms with E-state index < -0.39 is 5.97 Å². The highest BCUT2D eigenvalue weighted by molar-refractivity contribution is 7.18. The van der Waals surface area contributed by atoms with Crippen LogP contribution in [0.2, 0.25) is 5.02 Å². The van der Waals surface area contributed by atoms with E-state index in [1.165, 1.54) is 4.88 Å². The molecule has 148 valence electrons. The third-order valence-corrected chi connectivity index (χ3v) is 6.16. The Kier molecular flexibility index (Phi) is 5.34. The number of hydrogen-bond donors (Lipinski definition) is 0. The summed E-state index contributed by atoms with van der Waals surface area (Å²) in [4.78, 5) is 20.0. The number of thiophene rings is 1. The Labute approximate surface area is 177 Å². The Morgan fingerprint density at radius 2 is 1.86 bits per heavy atom. The van der Waals surface area contributed by atoms with E-state index in [-0.39, 0.29) is 6.61 Å². The Balaban J connectivity index is 2.07. The molecule has 0 bridgehead atoms.